The number of hydrogen-bond acceptors (Lipinski definition) is 0. The highest BCUT2D eigenvalue weighted by Crippen LogP contribution is 2.56. The van der Waals surface area contributed by atoms with Crippen molar-refractivity contribution < 1.29 is 0 Å². The number of rotatable bonds is 0. The molecule has 0 aliphatic heterocycles. The van der Waals surface area contributed by atoms with Crippen LogP contribution in [0, 0.1) is 0 Å². The van der Waals surface area contributed by atoms with Crippen LogP contribution in [0.5, 0.6) is 0 Å². The Labute approximate surface area is 209 Å². The molecule has 0 radical (unpaired) electrons. The van der Waals surface area contributed by atoms with Crippen LogP contribution in [-0.2, 0) is 18.3 Å². The summed E-state index contributed by atoms with van der Waals surface area (Å²) in [5.41, 5.74) is 7.12. The molecule has 0 N–H and O–H groups in total. The number of hydrogen-bond donors (Lipinski definition) is 0. The van der Waals surface area contributed by atoms with Gasteiger partial charge < -0.3 is 0 Å². The summed E-state index contributed by atoms with van der Waals surface area (Å²) in [5.74, 6) is 0. The Morgan fingerprint density at radius 3 is 1.78 bits per heavy atom. The first-order chi connectivity index (χ1) is 17.7. The van der Waals surface area contributed by atoms with Gasteiger partial charge in [0.2, 0.25) is 0 Å². The summed E-state index contributed by atoms with van der Waals surface area (Å²) in [6.45, 7) is 4.85. The first-order valence-electron chi connectivity index (χ1n) is 13.1. The zero-order valence-electron chi connectivity index (χ0n) is 20.1. The Morgan fingerprint density at radius 1 is 0.528 bits per heavy atom. The third-order valence-corrected chi connectivity index (χ3v) is 9.48. The van der Waals surface area contributed by atoms with E-state index in [1.165, 1.54) is 76.1 Å². The molecule has 36 heavy (non-hydrogen) atoms. The van der Waals surface area contributed by atoms with Gasteiger partial charge in [0, 0.05) is 5.41 Å². The minimum Gasteiger partial charge on any atom is -0.0943 e. The SMILES string of the molecule is C=C1c2cccc3ccc4cccc(c4c23)C12CCc1c(c3cccc4ccc5cccc1c5c43)C2. The fourth-order valence-corrected chi connectivity index (χ4v) is 7.91. The molecular formula is C36H24. The van der Waals surface area contributed by atoms with Gasteiger partial charge in [-0.1, -0.05) is 104 Å². The van der Waals surface area contributed by atoms with Crippen LogP contribution >= 0.6 is 0 Å². The van der Waals surface area contributed by atoms with Gasteiger partial charge in [-0.2, -0.15) is 0 Å². The summed E-state index contributed by atoms with van der Waals surface area (Å²) < 4.78 is 0. The molecule has 0 saturated carbocycles. The van der Waals surface area contributed by atoms with Gasteiger partial charge in [-0.25, -0.2) is 0 Å². The zero-order chi connectivity index (χ0) is 23.6. The van der Waals surface area contributed by atoms with Gasteiger partial charge in [0.1, 0.15) is 0 Å². The predicted octanol–water partition coefficient (Wildman–Crippen LogP) is 9.34. The highest BCUT2D eigenvalue weighted by Gasteiger charge is 2.44. The molecular weight excluding hydrogens is 432 g/mol. The van der Waals surface area contributed by atoms with Crippen LogP contribution in [0.15, 0.2) is 104 Å². The highest BCUT2D eigenvalue weighted by atomic mass is 14.5. The van der Waals surface area contributed by atoms with Crippen LogP contribution in [0.1, 0.15) is 28.7 Å². The predicted molar refractivity (Wildman–Crippen MR) is 154 cm³/mol. The van der Waals surface area contributed by atoms with Gasteiger partial charge in [-0.15, -0.1) is 0 Å². The fourth-order valence-electron chi connectivity index (χ4n) is 7.91. The molecule has 0 heteroatoms. The first-order valence-corrected chi connectivity index (χ1v) is 13.1. The largest absolute Gasteiger partial charge is 0.0943 e. The number of aryl methyl sites for hydroxylation is 1. The monoisotopic (exact) mass is 456 g/mol. The number of allylic oxidation sites excluding steroid dienone is 1. The lowest BCUT2D eigenvalue weighted by atomic mass is 9.58. The van der Waals surface area contributed by atoms with Crippen molar-refractivity contribution in [3.63, 3.8) is 0 Å². The maximum Gasteiger partial charge on any atom is 0.0253 e. The Morgan fingerprint density at radius 2 is 1.08 bits per heavy atom. The smallest absolute Gasteiger partial charge is 0.0253 e. The van der Waals surface area contributed by atoms with Crippen molar-refractivity contribution in [3.8, 4) is 0 Å². The molecule has 168 valence electrons. The molecule has 0 heterocycles. The standard InChI is InChI=1S/C36H24/c1-21-26-10-2-6-22-16-17-25-9-5-13-31(35(25)32(22)26)36(21)19-18-27-28-11-3-7-23-14-15-24-8-4-12-29(30(27)20-36)34(24)33(23)28/h2-17H,1,18-20H2. The van der Waals surface area contributed by atoms with Crippen LogP contribution in [0.4, 0.5) is 0 Å². The molecule has 0 nitrogen and oxygen atoms in total. The Bertz CT molecular complexity index is 2090. The summed E-state index contributed by atoms with van der Waals surface area (Å²) in [6.07, 6.45) is 3.19. The average molecular weight is 457 g/mol. The normalized spacial score (nSPS) is 18.9. The van der Waals surface area contributed by atoms with E-state index in [2.05, 4.69) is 97.1 Å². The van der Waals surface area contributed by atoms with Gasteiger partial charge in [0.15, 0.2) is 0 Å². The van der Waals surface area contributed by atoms with Crippen molar-refractivity contribution in [1.29, 1.82) is 0 Å². The Hall–Kier alpha value is -4.16. The van der Waals surface area contributed by atoms with Crippen molar-refractivity contribution >= 4 is 59.4 Å². The van der Waals surface area contributed by atoms with E-state index in [-0.39, 0.29) is 5.41 Å². The van der Waals surface area contributed by atoms with E-state index < -0.39 is 0 Å². The molecule has 0 saturated heterocycles. The Balaban J connectivity index is 1.42. The van der Waals surface area contributed by atoms with Gasteiger partial charge >= 0.3 is 0 Å². The van der Waals surface area contributed by atoms with E-state index in [4.69, 9.17) is 6.58 Å². The summed E-state index contributed by atoms with van der Waals surface area (Å²) in [5, 5.41) is 14.0. The minimum absolute atomic E-state index is 0.0800. The second-order valence-corrected chi connectivity index (χ2v) is 10.9. The molecule has 9 rings (SSSR count). The van der Waals surface area contributed by atoms with Crippen molar-refractivity contribution in [2.45, 2.75) is 24.7 Å². The molecule has 7 aromatic rings. The molecule has 2 aliphatic carbocycles. The van der Waals surface area contributed by atoms with Gasteiger partial charge in [0.05, 0.1) is 0 Å². The lowest BCUT2D eigenvalue weighted by Crippen LogP contribution is -2.36. The van der Waals surface area contributed by atoms with E-state index in [9.17, 15) is 0 Å². The molecule has 0 fully saturated rings. The van der Waals surface area contributed by atoms with E-state index in [1.54, 1.807) is 5.56 Å². The van der Waals surface area contributed by atoms with Crippen LogP contribution in [0.3, 0.4) is 0 Å². The molecule has 0 amide bonds. The highest BCUT2D eigenvalue weighted by molar-refractivity contribution is 6.25. The second-order valence-electron chi connectivity index (χ2n) is 10.9. The summed E-state index contributed by atoms with van der Waals surface area (Å²) in [4.78, 5) is 0. The number of fused-ring (bicyclic) bond motifs is 4. The summed E-state index contributed by atoms with van der Waals surface area (Å²) in [7, 11) is 0. The van der Waals surface area contributed by atoms with Gasteiger partial charge in [-0.05, 0) is 101 Å². The lowest BCUT2D eigenvalue weighted by molar-refractivity contribution is 0.483. The third-order valence-electron chi connectivity index (χ3n) is 9.48. The van der Waals surface area contributed by atoms with E-state index in [0.717, 1.165) is 19.3 Å². The average Bonchev–Trinajstić information content (AvgIpc) is 2.94. The zero-order valence-corrected chi connectivity index (χ0v) is 20.1. The molecule has 0 bridgehead atoms. The number of benzene rings is 7. The first kappa shape index (κ1) is 19.1. The molecule has 1 spiro atoms. The fraction of sp³-hybridized carbons (Fsp3) is 0.111. The van der Waals surface area contributed by atoms with Crippen molar-refractivity contribution in [2.75, 3.05) is 0 Å². The van der Waals surface area contributed by atoms with E-state index in [1.807, 2.05) is 0 Å². The van der Waals surface area contributed by atoms with Gasteiger partial charge in [-0.3, -0.25) is 0 Å². The Kier molecular flexibility index (Phi) is 3.36. The quantitative estimate of drug-likeness (QED) is 0.199. The van der Waals surface area contributed by atoms with E-state index in [0.29, 0.717) is 0 Å². The molecule has 1 unspecified atom stereocenters. The summed E-state index contributed by atoms with van der Waals surface area (Å²) >= 11 is 0. The van der Waals surface area contributed by atoms with Crippen LogP contribution in [-0.4, -0.2) is 0 Å². The third kappa shape index (κ3) is 2.10. The van der Waals surface area contributed by atoms with Crippen molar-refractivity contribution in [1.82, 2.24) is 0 Å². The molecule has 0 aromatic heterocycles. The van der Waals surface area contributed by atoms with Gasteiger partial charge in [0.25, 0.3) is 0 Å². The topological polar surface area (TPSA) is 0 Å². The maximum atomic E-state index is 4.85. The second kappa shape index (κ2) is 6.33. The van der Waals surface area contributed by atoms with Crippen molar-refractivity contribution in [3.05, 3.63) is 126 Å². The van der Waals surface area contributed by atoms with Crippen LogP contribution < -0.4 is 0 Å². The lowest BCUT2D eigenvalue weighted by Gasteiger charge is -2.45. The van der Waals surface area contributed by atoms with E-state index >= 15 is 0 Å². The van der Waals surface area contributed by atoms with Crippen molar-refractivity contribution in [2.24, 2.45) is 0 Å². The van der Waals surface area contributed by atoms with Crippen LogP contribution in [0.25, 0.3) is 59.4 Å². The maximum absolute atomic E-state index is 4.85. The minimum atomic E-state index is -0.0800. The molecule has 1 atom stereocenters. The summed E-state index contributed by atoms with van der Waals surface area (Å²) in [6, 6.07) is 36.6. The molecule has 7 aromatic carbocycles. The molecule has 2 aliphatic rings. The van der Waals surface area contributed by atoms with Crippen LogP contribution in [0.2, 0.25) is 0 Å².